The highest BCUT2D eigenvalue weighted by molar-refractivity contribution is 6.42. The van der Waals surface area contributed by atoms with Crippen molar-refractivity contribution in [2.24, 2.45) is 0 Å². The summed E-state index contributed by atoms with van der Waals surface area (Å²) in [6.07, 6.45) is 1.56. The molecule has 0 saturated carbocycles. The number of carbonyl (C=O) groups is 1. The number of ether oxygens (including phenoxy) is 1. The first-order valence-electron chi connectivity index (χ1n) is 7.69. The van der Waals surface area contributed by atoms with Gasteiger partial charge in [0, 0.05) is 5.69 Å². The van der Waals surface area contributed by atoms with Crippen molar-refractivity contribution in [3.8, 4) is 5.75 Å². The zero-order chi connectivity index (χ0) is 18.5. The largest absolute Gasteiger partial charge is 0.496 e. The van der Waals surface area contributed by atoms with Crippen LogP contribution in [0.25, 0.3) is 0 Å². The molecule has 1 aromatic heterocycles. The highest BCUT2D eigenvalue weighted by Gasteiger charge is 2.11. The summed E-state index contributed by atoms with van der Waals surface area (Å²) in [5.41, 5.74) is 1.78. The van der Waals surface area contributed by atoms with E-state index in [0.717, 1.165) is 5.69 Å². The second-order valence-electron chi connectivity index (χ2n) is 5.34. The molecule has 0 fully saturated rings. The Balaban J connectivity index is 1.69. The van der Waals surface area contributed by atoms with Crippen LogP contribution < -0.4 is 15.4 Å². The van der Waals surface area contributed by atoms with Crippen LogP contribution in [0.3, 0.4) is 0 Å². The van der Waals surface area contributed by atoms with E-state index in [1.165, 1.54) is 7.11 Å². The van der Waals surface area contributed by atoms with Crippen LogP contribution in [0.1, 0.15) is 10.4 Å². The smallest absolute Gasteiger partial charge is 0.259 e. The monoisotopic (exact) mass is 387 g/mol. The normalized spacial score (nSPS) is 10.3. The average Bonchev–Trinajstić information content (AvgIpc) is 2.66. The minimum absolute atomic E-state index is 0.269. The fraction of sp³-hybridized carbons (Fsp3) is 0.0526. The van der Waals surface area contributed by atoms with Gasteiger partial charge >= 0.3 is 0 Å². The summed E-state index contributed by atoms with van der Waals surface area (Å²) in [7, 11) is 1.52. The summed E-state index contributed by atoms with van der Waals surface area (Å²) in [5.74, 6) is 0.851. The van der Waals surface area contributed by atoms with E-state index >= 15 is 0 Å². The Hall–Kier alpha value is -2.76. The summed E-state index contributed by atoms with van der Waals surface area (Å²) < 4.78 is 5.20. The second-order valence-corrected chi connectivity index (χ2v) is 6.15. The fourth-order valence-electron chi connectivity index (χ4n) is 2.29. The van der Waals surface area contributed by atoms with E-state index in [1.54, 1.807) is 60.8 Å². The summed E-state index contributed by atoms with van der Waals surface area (Å²) >= 11 is 11.9. The van der Waals surface area contributed by atoms with Gasteiger partial charge < -0.3 is 15.4 Å². The van der Waals surface area contributed by atoms with Crippen molar-refractivity contribution in [3.63, 3.8) is 0 Å². The lowest BCUT2D eigenvalue weighted by Crippen LogP contribution is -2.13. The van der Waals surface area contributed by atoms with E-state index in [4.69, 9.17) is 27.9 Å². The predicted octanol–water partition coefficient (Wildman–Crippen LogP) is 5.39. The molecule has 0 aliphatic heterocycles. The Kier molecular flexibility index (Phi) is 5.61. The lowest BCUT2D eigenvalue weighted by atomic mass is 10.2. The van der Waals surface area contributed by atoms with Crippen molar-refractivity contribution < 1.29 is 9.53 Å². The number of hydrogen-bond donors (Lipinski definition) is 2. The molecule has 0 spiro atoms. The molecule has 0 atom stereocenters. The quantitative estimate of drug-likeness (QED) is 0.615. The Morgan fingerprint density at radius 1 is 1.00 bits per heavy atom. The van der Waals surface area contributed by atoms with Crippen LogP contribution in [-0.2, 0) is 0 Å². The van der Waals surface area contributed by atoms with Gasteiger partial charge in [0.1, 0.15) is 11.6 Å². The SMILES string of the molecule is COc1ccccc1C(=O)Nc1ccc(Nc2ccc(Cl)c(Cl)c2)nc1. The van der Waals surface area contributed by atoms with Gasteiger partial charge in [-0.25, -0.2) is 4.98 Å². The molecular weight excluding hydrogens is 373 g/mol. The summed E-state index contributed by atoms with van der Waals surface area (Å²) in [6.45, 7) is 0. The number of amides is 1. The minimum Gasteiger partial charge on any atom is -0.496 e. The van der Waals surface area contributed by atoms with Gasteiger partial charge in [-0.15, -0.1) is 0 Å². The Morgan fingerprint density at radius 3 is 2.46 bits per heavy atom. The van der Waals surface area contributed by atoms with Crippen LogP contribution in [0.5, 0.6) is 5.75 Å². The summed E-state index contributed by atoms with van der Waals surface area (Å²) in [5, 5.41) is 6.85. The molecule has 0 unspecified atom stereocenters. The van der Waals surface area contributed by atoms with Crippen LogP contribution in [0.15, 0.2) is 60.8 Å². The third-order valence-corrected chi connectivity index (χ3v) is 4.30. The van der Waals surface area contributed by atoms with E-state index in [9.17, 15) is 4.79 Å². The van der Waals surface area contributed by atoms with Gasteiger partial charge in [0.15, 0.2) is 0 Å². The number of methoxy groups -OCH3 is 1. The number of hydrogen-bond acceptors (Lipinski definition) is 4. The van der Waals surface area contributed by atoms with Gasteiger partial charge in [-0.3, -0.25) is 4.79 Å². The van der Waals surface area contributed by atoms with Gasteiger partial charge in [-0.2, -0.15) is 0 Å². The molecule has 26 heavy (non-hydrogen) atoms. The molecule has 3 aromatic rings. The molecule has 132 valence electrons. The highest BCUT2D eigenvalue weighted by atomic mass is 35.5. The summed E-state index contributed by atoms with van der Waals surface area (Å²) in [6, 6.07) is 15.7. The third kappa shape index (κ3) is 4.25. The number of para-hydroxylation sites is 1. The number of carbonyl (C=O) groups excluding carboxylic acids is 1. The molecule has 0 saturated heterocycles. The van der Waals surface area contributed by atoms with Crippen LogP contribution >= 0.6 is 23.2 Å². The molecule has 7 heteroatoms. The second kappa shape index (κ2) is 8.08. The number of rotatable bonds is 5. The number of aromatic nitrogens is 1. The number of halogens is 2. The molecule has 0 aliphatic carbocycles. The van der Waals surface area contributed by atoms with Crippen LogP contribution in [0.2, 0.25) is 10.0 Å². The van der Waals surface area contributed by atoms with Crippen LogP contribution in [-0.4, -0.2) is 18.0 Å². The van der Waals surface area contributed by atoms with Crippen molar-refractivity contribution in [1.82, 2.24) is 4.98 Å². The molecule has 1 amide bonds. The van der Waals surface area contributed by atoms with Crippen molar-refractivity contribution in [2.45, 2.75) is 0 Å². The predicted molar refractivity (Wildman–Crippen MR) is 105 cm³/mol. The van der Waals surface area contributed by atoms with Crippen molar-refractivity contribution in [3.05, 3.63) is 76.4 Å². The average molecular weight is 388 g/mol. The minimum atomic E-state index is -0.269. The standard InChI is InChI=1S/C19H15Cl2N3O2/c1-26-17-5-3-2-4-14(17)19(25)24-13-7-9-18(22-11-13)23-12-6-8-15(20)16(21)10-12/h2-11H,1H3,(H,22,23)(H,24,25). The lowest BCUT2D eigenvalue weighted by Gasteiger charge is -2.10. The van der Waals surface area contributed by atoms with Gasteiger partial charge in [0.25, 0.3) is 5.91 Å². The van der Waals surface area contributed by atoms with Crippen molar-refractivity contribution in [1.29, 1.82) is 0 Å². The molecule has 3 rings (SSSR count). The van der Waals surface area contributed by atoms with E-state index in [2.05, 4.69) is 15.6 Å². The van der Waals surface area contributed by atoms with Crippen LogP contribution in [0, 0.1) is 0 Å². The Morgan fingerprint density at radius 2 is 1.77 bits per heavy atom. The first-order valence-corrected chi connectivity index (χ1v) is 8.45. The topological polar surface area (TPSA) is 63.2 Å². The van der Waals surface area contributed by atoms with Crippen molar-refractivity contribution in [2.75, 3.05) is 17.7 Å². The molecule has 0 bridgehead atoms. The maximum Gasteiger partial charge on any atom is 0.259 e. The Labute approximate surface area is 160 Å². The van der Waals surface area contributed by atoms with Gasteiger partial charge in [-0.1, -0.05) is 35.3 Å². The lowest BCUT2D eigenvalue weighted by molar-refractivity contribution is 0.102. The molecule has 0 aliphatic rings. The Bertz CT molecular complexity index is 930. The molecule has 0 radical (unpaired) electrons. The first-order chi connectivity index (χ1) is 12.6. The molecule has 1 heterocycles. The summed E-state index contributed by atoms with van der Waals surface area (Å²) in [4.78, 5) is 16.7. The maximum absolute atomic E-state index is 12.4. The first kappa shape index (κ1) is 18.0. The van der Waals surface area contributed by atoms with Crippen LogP contribution in [0.4, 0.5) is 17.2 Å². The zero-order valence-corrected chi connectivity index (χ0v) is 15.3. The number of pyridine rings is 1. The van der Waals surface area contributed by atoms with Gasteiger partial charge in [-0.05, 0) is 42.5 Å². The number of anilines is 3. The van der Waals surface area contributed by atoms with Gasteiger partial charge in [0.05, 0.1) is 34.6 Å². The van der Waals surface area contributed by atoms with E-state index in [1.807, 2.05) is 0 Å². The molecular formula is C19H15Cl2N3O2. The number of nitrogens with zero attached hydrogens (tertiary/aromatic N) is 1. The van der Waals surface area contributed by atoms with E-state index < -0.39 is 0 Å². The van der Waals surface area contributed by atoms with E-state index in [0.29, 0.717) is 32.9 Å². The van der Waals surface area contributed by atoms with Gasteiger partial charge in [0.2, 0.25) is 0 Å². The molecule has 5 nitrogen and oxygen atoms in total. The maximum atomic E-state index is 12.4. The number of benzene rings is 2. The third-order valence-electron chi connectivity index (χ3n) is 3.56. The van der Waals surface area contributed by atoms with E-state index in [-0.39, 0.29) is 5.91 Å². The van der Waals surface area contributed by atoms with Crippen molar-refractivity contribution >= 4 is 46.3 Å². The number of nitrogens with one attached hydrogen (secondary N) is 2. The molecule has 2 N–H and O–H groups in total. The highest BCUT2D eigenvalue weighted by Crippen LogP contribution is 2.27. The zero-order valence-electron chi connectivity index (χ0n) is 13.8. The fourth-order valence-corrected chi connectivity index (χ4v) is 2.59. The molecule has 2 aromatic carbocycles.